The van der Waals surface area contributed by atoms with Gasteiger partial charge in [-0.15, -0.1) is 0 Å². The molecule has 0 saturated heterocycles. The summed E-state index contributed by atoms with van der Waals surface area (Å²) in [6.45, 7) is 6.69. The predicted octanol–water partition coefficient (Wildman–Crippen LogP) is 3.70. The molecule has 0 aliphatic carbocycles. The van der Waals surface area contributed by atoms with E-state index in [1.54, 1.807) is 12.1 Å². The van der Waals surface area contributed by atoms with Gasteiger partial charge in [-0.1, -0.05) is 0 Å². The molecule has 102 valence electrons. The van der Waals surface area contributed by atoms with Gasteiger partial charge in [0.15, 0.2) is 0 Å². The molecule has 1 heterocycles. The third-order valence-corrected chi connectivity index (χ3v) is 5.39. The Morgan fingerprint density at radius 2 is 1.22 bits per heavy atom. The fourth-order valence-electron chi connectivity index (χ4n) is 1.84. The van der Waals surface area contributed by atoms with Crippen LogP contribution in [0.4, 0.5) is 0 Å². The van der Waals surface area contributed by atoms with E-state index in [2.05, 4.69) is 0 Å². The number of hydrogen-bond donors (Lipinski definition) is 0. The van der Waals surface area contributed by atoms with Crippen molar-refractivity contribution in [1.82, 2.24) is 0 Å². The van der Waals surface area contributed by atoms with E-state index in [0.29, 0.717) is 31.3 Å². The zero-order valence-corrected chi connectivity index (χ0v) is 11.8. The van der Waals surface area contributed by atoms with E-state index in [4.69, 9.17) is 22.6 Å². The maximum atomic E-state index is 5.85. The summed E-state index contributed by atoms with van der Waals surface area (Å²) in [7, 11) is -3.97. The molecule has 1 aromatic carbocycles. The van der Waals surface area contributed by atoms with Crippen LogP contribution in [0, 0.1) is 0 Å². The first-order chi connectivity index (χ1) is 8.67. The first-order valence-electron chi connectivity index (χ1n) is 6.14. The van der Waals surface area contributed by atoms with Crippen molar-refractivity contribution in [3.8, 4) is 11.5 Å². The molecule has 0 saturated carbocycles. The summed E-state index contributed by atoms with van der Waals surface area (Å²) in [5.74, 6) is 1.18. The number of para-hydroxylation sites is 2. The van der Waals surface area contributed by atoms with Crippen LogP contribution < -0.4 is 9.05 Å². The topological polar surface area (TPSA) is 46.2 Å². The van der Waals surface area contributed by atoms with Crippen molar-refractivity contribution in [3.05, 3.63) is 24.3 Å². The minimum atomic E-state index is -3.97. The first-order valence-corrected chi connectivity index (χ1v) is 7.96. The van der Waals surface area contributed by atoms with Gasteiger partial charge in [0.05, 0.1) is 0 Å². The monoisotopic (exact) mass is 274 g/mol. The van der Waals surface area contributed by atoms with Crippen LogP contribution >= 0.6 is 7.74 Å². The van der Waals surface area contributed by atoms with E-state index in [9.17, 15) is 0 Å². The van der Waals surface area contributed by atoms with E-state index in [0.717, 1.165) is 0 Å². The SMILES string of the molecule is CCOP1(OCC)(OCC)Oc2ccccc2O1. The van der Waals surface area contributed by atoms with E-state index < -0.39 is 7.74 Å². The van der Waals surface area contributed by atoms with Crippen LogP contribution in [-0.2, 0) is 13.6 Å². The molecule has 5 nitrogen and oxygen atoms in total. The molecule has 2 rings (SSSR count). The molecule has 0 fully saturated rings. The quantitative estimate of drug-likeness (QED) is 0.740. The van der Waals surface area contributed by atoms with Crippen LogP contribution in [0.3, 0.4) is 0 Å². The van der Waals surface area contributed by atoms with Crippen molar-refractivity contribution in [1.29, 1.82) is 0 Å². The van der Waals surface area contributed by atoms with Crippen LogP contribution in [-0.4, -0.2) is 19.8 Å². The Morgan fingerprint density at radius 3 is 1.56 bits per heavy atom. The average Bonchev–Trinajstić information content (AvgIpc) is 2.64. The molecule has 0 aromatic heterocycles. The van der Waals surface area contributed by atoms with Gasteiger partial charge in [-0.05, 0) is 0 Å². The van der Waals surface area contributed by atoms with Crippen molar-refractivity contribution < 1.29 is 22.6 Å². The van der Waals surface area contributed by atoms with Crippen molar-refractivity contribution in [2.24, 2.45) is 0 Å². The summed E-state index contributed by atoms with van der Waals surface area (Å²) in [5.41, 5.74) is 0. The molecule has 6 heteroatoms. The number of rotatable bonds is 6. The molecular formula is C12H19O5P. The van der Waals surface area contributed by atoms with Crippen LogP contribution in [0.15, 0.2) is 24.3 Å². The molecule has 1 aliphatic heterocycles. The normalized spacial score (nSPS) is 21.2. The van der Waals surface area contributed by atoms with Gasteiger partial charge in [0.1, 0.15) is 0 Å². The standard InChI is InChI=1S/C12H19O5P/c1-4-13-18(14-5-2,15-6-3)16-11-9-7-8-10-12(11)17-18/h7-10H,4-6H2,1-3H3. The summed E-state index contributed by atoms with van der Waals surface area (Å²) in [6, 6.07) is 7.34. The van der Waals surface area contributed by atoms with Crippen LogP contribution in [0.2, 0.25) is 0 Å². The van der Waals surface area contributed by atoms with Crippen molar-refractivity contribution in [2.45, 2.75) is 20.8 Å². The Morgan fingerprint density at radius 1 is 0.833 bits per heavy atom. The van der Waals surface area contributed by atoms with Gasteiger partial charge in [0.2, 0.25) is 0 Å². The Labute approximate surface area is 107 Å². The fraction of sp³-hybridized carbons (Fsp3) is 0.500. The molecule has 18 heavy (non-hydrogen) atoms. The van der Waals surface area contributed by atoms with E-state index in [1.807, 2.05) is 32.9 Å². The van der Waals surface area contributed by atoms with Crippen LogP contribution in [0.5, 0.6) is 11.5 Å². The van der Waals surface area contributed by atoms with Crippen molar-refractivity contribution in [2.75, 3.05) is 19.8 Å². The van der Waals surface area contributed by atoms with Gasteiger partial charge in [-0.2, -0.15) is 0 Å². The van der Waals surface area contributed by atoms with Gasteiger partial charge in [0, 0.05) is 0 Å². The molecular weight excluding hydrogens is 255 g/mol. The summed E-state index contributed by atoms with van der Waals surface area (Å²) in [4.78, 5) is 0. The number of fused-ring (bicyclic) bond motifs is 1. The minimum absolute atomic E-state index is 0.381. The average molecular weight is 274 g/mol. The zero-order valence-electron chi connectivity index (χ0n) is 10.9. The van der Waals surface area contributed by atoms with Gasteiger partial charge < -0.3 is 0 Å². The summed E-state index contributed by atoms with van der Waals surface area (Å²) >= 11 is 0. The summed E-state index contributed by atoms with van der Waals surface area (Å²) < 4.78 is 28.7. The molecule has 0 N–H and O–H groups in total. The second-order valence-electron chi connectivity index (χ2n) is 3.63. The Hall–Kier alpha value is -0.870. The number of benzene rings is 1. The Balaban J connectivity index is 2.39. The van der Waals surface area contributed by atoms with Crippen molar-refractivity contribution >= 4 is 7.74 Å². The maximum absolute atomic E-state index is 5.85. The Bertz CT molecular complexity index is 374. The summed E-state index contributed by atoms with van der Waals surface area (Å²) in [5, 5.41) is 0. The van der Waals surface area contributed by atoms with E-state index >= 15 is 0 Å². The molecule has 0 unspecified atom stereocenters. The van der Waals surface area contributed by atoms with Crippen molar-refractivity contribution in [3.63, 3.8) is 0 Å². The van der Waals surface area contributed by atoms with Crippen LogP contribution in [0.25, 0.3) is 0 Å². The fourth-order valence-corrected chi connectivity index (χ4v) is 4.63. The molecule has 0 bridgehead atoms. The van der Waals surface area contributed by atoms with Gasteiger partial charge in [-0.3, -0.25) is 0 Å². The predicted molar refractivity (Wildman–Crippen MR) is 69.5 cm³/mol. The first kappa shape index (κ1) is 13.6. The van der Waals surface area contributed by atoms with Gasteiger partial charge in [0.25, 0.3) is 0 Å². The van der Waals surface area contributed by atoms with E-state index in [-0.39, 0.29) is 0 Å². The Kier molecular flexibility index (Phi) is 3.78. The van der Waals surface area contributed by atoms with Gasteiger partial charge >= 0.3 is 107 Å². The molecule has 0 amide bonds. The van der Waals surface area contributed by atoms with Gasteiger partial charge in [-0.25, -0.2) is 0 Å². The molecule has 1 aliphatic rings. The number of hydrogen-bond acceptors (Lipinski definition) is 5. The molecule has 0 atom stereocenters. The molecule has 0 radical (unpaired) electrons. The van der Waals surface area contributed by atoms with E-state index in [1.165, 1.54) is 0 Å². The third kappa shape index (κ3) is 2.19. The third-order valence-electron chi connectivity index (χ3n) is 2.36. The second kappa shape index (κ2) is 5.02. The second-order valence-corrected chi connectivity index (χ2v) is 6.26. The van der Waals surface area contributed by atoms with Crippen LogP contribution in [0.1, 0.15) is 20.8 Å². The molecule has 1 aromatic rings. The summed E-state index contributed by atoms with van der Waals surface area (Å²) in [6.07, 6.45) is 0. The molecule has 0 spiro atoms. The zero-order chi connectivity index (χ0) is 13.1.